The summed E-state index contributed by atoms with van der Waals surface area (Å²) in [6.07, 6.45) is 5.08. The Hall–Kier alpha value is -1.44. The second-order valence-corrected chi connectivity index (χ2v) is 8.66. The van der Waals surface area contributed by atoms with Crippen molar-refractivity contribution in [3.8, 4) is 0 Å². The normalized spacial score (nSPS) is 34.9. The molecule has 3 fully saturated rings. The highest BCUT2D eigenvalue weighted by Gasteiger charge is 2.52. The van der Waals surface area contributed by atoms with E-state index in [1.165, 1.54) is 0 Å². The second-order valence-electron chi connectivity index (χ2n) is 8.10. The number of hydrogen-bond acceptors (Lipinski definition) is 6. The SMILES string of the molecule is CN1CCN(c2ncnc3c2ncn3C[C@H]2[C@@H]3CC(O)[C@H]2C[C@@H]3Cl)CC1. The number of hydrogen-bond donors (Lipinski definition) is 1. The number of nitrogens with zero attached hydrogens (tertiary/aromatic N) is 6. The molecule has 140 valence electrons. The lowest BCUT2D eigenvalue weighted by molar-refractivity contribution is 0.106. The number of rotatable bonds is 3. The average molecular weight is 377 g/mol. The van der Waals surface area contributed by atoms with Gasteiger partial charge in [-0.3, -0.25) is 0 Å². The standard InChI is InChI=1S/C18H25ClN6O/c1-23-2-4-24(5-3-23)17-16-18(21-9-20-17)25(10-22-16)8-13-11-7-15(26)12(13)6-14(11)19/h9-15,26H,2-8H2,1H3/t11-,12-,13-,14-,15?/m0/s1. The number of anilines is 1. The van der Waals surface area contributed by atoms with Crippen molar-refractivity contribution < 1.29 is 5.11 Å². The van der Waals surface area contributed by atoms with Gasteiger partial charge >= 0.3 is 0 Å². The lowest BCUT2D eigenvalue weighted by Gasteiger charge is -2.33. The Morgan fingerprint density at radius 1 is 1.12 bits per heavy atom. The van der Waals surface area contributed by atoms with Gasteiger partial charge in [-0.05, 0) is 37.6 Å². The first kappa shape index (κ1) is 16.7. The van der Waals surface area contributed by atoms with Gasteiger partial charge in [-0.1, -0.05) is 0 Å². The number of imidazole rings is 1. The smallest absolute Gasteiger partial charge is 0.165 e. The van der Waals surface area contributed by atoms with Gasteiger partial charge in [-0.2, -0.15) is 0 Å². The number of piperazine rings is 1. The van der Waals surface area contributed by atoms with Gasteiger partial charge in [-0.15, -0.1) is 11.6 Å². The van der Waals surface area contributed by atoms with Gasteiger partial charge in [-0.25, -0.2) is 15.0 Å². The van der Waals surface area contributed by atoms with E-state index in [2.05, 4.69) is 36.4 Å². The molecule has 2 saturated carbocycles. The van der Waals surface area contributed by atoms with E-state index >= 15 is 0 Å². The lowest BCUT2D eigenvalue weighted by atomic mass is 9.97. The maximum Gasteiger partial charge on any atom is 0.165 e. The van der Waals surface area contributed by atoms with Crippen LogP contribution in [0.3, 0.4) is 0 Å². The molecule has 1 saturated heterocycles. The molecule has 2 aromatic rings. The van der Waals surface area contributed by atoms with E-state index in [4.69, 9.17) is 11.6 Å². The van der Waals surface area contributed by atoms with Gasteiger partial charge in [0.2, 0.25) is 0 Å². The van der Waals surface area contributed by atoms with Crippen LogP contribution in [0.1, 0.15) is 12.8 Å². The molecule has 1 aliphatic heterocycles. The minimum atomic E-state index is -0.203. The van der Waals surface area contributed by atoms with Crippen molar-refractivity contribution in [2.75, 3.05) is 38.1 Å². The van der Waals surface area contributed by atoms with Crippen LogP contribution in [0.15, 0.2) is 12.7 Å². The fourth-order valence-electron chi connectivity index (χ4n) is 5.16. The molecule has 0 spiro atoms. The first-order valence-electron chi connectivity index (χ1n) is 9.53. The van der Waals surface area contributed by atoms with Crippen LogP contribution >= 0.6 is 11.6 Å². The van der Waals surface area contributed by atoms with Crippen LogP contribution in [0.2, 0.25) is 0 Å². The lowest BCUT2D eigenvalue weighted by Crippen LogP contribution is -2.44. The van der Waals surface area contributed by atoms with Gasteiger partial charge in [0.05, 0.1) is 12.4 Å². The van der Waals surface area contributed by atoms with E-state index in [9.17, 15) is 5.11 Å². The summed E-state index contributed by atoms with van der Waals surface area (Å²) in [4.78, 5) is 18.3. The summed E-state index contributed by atoms with van der Waals surface area (Å²) in [5.41, 5.74) is 1.77. The van der Waals surface area contributed by atoms with Crippen LogP contribution in [0.4, 0.5) is 5.82 Å². The van der Waals surface area contributed by atoms with Crippen molar-refractivity contribution in [2.45, 2.75) is 30.9 Å². The molecule has 8 heteroatoms. The maximum atomic E-state index is 10.3. The molecule has 0 aromatic carbocycles. The van der Waals surface area contributed by atoms with Gasteiger partial charge in [0, 0.05) is 38.1 Å². The second kappa shape index (κ2) is 6.32. The quantitative estimate of drug-likeness (QED) is 0.812. The molecular weight excluding hydrogens is 352 g/mol. The fraction of sp³-hybridized carbons (Fsp3) is 0.722. The molecule has 2 aromatic heterocycles. The van der Waals surface area contributed by atoms with Gasteiger partial charge in [0.1, 0.15) is 6.33 Å². The van der Waals surface area contributed by atoms with Crippen molar-refractivity contribution in [2.24, 2.45) is 17.8 Å². The summed E-state index contributed by atoms with van der Waals surface area (Å²) < 4.78 is 2.13. The highest BCUT2D eigenvalue weighted by atomic mass is 35.5. The Labute approximate surface area is 158 Å². The van der Waals surface area contributed by atoms with Crippen molar-refractivity contribution in [3.05, 3.63) is 12.7 Å². The van der Waals surface area contributed by atoms with Crippen LogP contribution in [0.25, 0.3) is 11.2 Å². The summed E-state index contributed by atoms with van der Waals surface area (Å²) in [5.74, 6) is 2.05. The number of aromatic nitrogens is 4. The predicted molar refractivity (Wildman–Crippen MR) is 100 cm³/mol. The Kier molecular flexibility index (Phi) is 4.06. The van der Waals surface area contributed by atoms with Gasteiger partial charge in [0.25, 0.3) is 0 Å². The van der Waals surface area contributed by atoms with Crippen molar-refractivity contribution in [3.63, 3.8) is 0 Å². The molecule has 3 heterocycles. The number of halogens is 1. The minimum absolute atomic E-state index is 0.193. The largest absolute Gasteiger partial charge is 0.393 e. The third-order valence-electron chi connectivity index (χ3n) is 6.66. The van der Waals surface area contributed by atoms with E-state index < -0.39 is 0 Å². The van der Waals surface area contributed by atoms with E-state index in [0.717, 1.165) is 62.5 Å². The number of aliphatic hydroxyl groups excluding tert-OH is 1. The number of likely N-dealkylation sites (N-methyl/N-ethyl adjacent to an activating group) is 1. The molecule has 0 radical (unpaired) electrons. The highest BCUT2D eigenvalue weighted by Crippen LogP contribution is 2.52. The molecule has 2 aliphatic carbocycles. The van der Waals surface area contributed by atoms with Crippen LogP contribution in [0, 0.1) is 17.8 Å². The number of alkyl halides is 1. The zero-order valence-electron chi connectivity index (χ0n) is 15.0. The fourth-order valence-corrected chi connectivity index (χ4v) is 5.66. The van der Waals surface area contributed by atoms with Crippen molar-refractivity contribution in [1.29, 1.82) is 0 Å². The predicted octanol–water partition coefficient (Wildman–Crippen LogP) is 1.20. The van der Waals surface area contributed by atoms with Gasteiger partial charge in [0.15, 0.2) is 17.0 Å². The summed E-state index contributed by atoms with van der Waals surface area (Å²) in [7, 11) is 2.15. The topological polar surface area (TPSA) is 70.3 Å². The van der Waals surface area contributed by atoms with E-state index in [1.807, 2.05) is 6.33 Å². The first-order chi connectivity index (χ1) is 12.6. The Bertz CT molecular complexity index is 788. The van der Waals surface area contributed by atoms with Crippen LogP contribution in [-0.4, -0.2) is 74.2 Å². The monoisotopic (exact) mass is 376 g/mol. The van der Waals surface area contributed by atoms with Crippen LogP contribution < -0.4 is 4.90 Å². The molecule has 1 unspecified atom stereocenters. The molecule has 7 nitrogen and oxygen atoms in total. The summed E-state index contributed by atoms with van der Waals surface area (Å²) in [6, 6.07) is 0. The van der Waals surface area contributed by atoms with E-state index in [-0.39, 0.29) is 11.5 Å². The maximum absolute atomic E-state index is 10.3. The third-order valence-corrected chi connectivity index (χ3v) is 7.16. The molecule has 2 bridgehead atoms. The molecule has 3 aliphatic rings. The van der Waals surface area contributed by atoms with E-state index in [1.54, 1.807) is 6.33 Å². The van der Waals surface area contributed by atoms with E-state index in [0.29, 0.717) is 17.8 Å². The van der Waals surface area contributed by atoms with Crippen LogP contribution in [-0.2, 0) is 6.54 Å². The summed E-state index contributed by atoms with van der Waals surface area (Å²) >= 11 is 6.49. The molecule has 5 rings (SSSR count). The average Bonchev–Trinajstić information content (AvgIpc) is 3.27. The summed E-state index contributed by atoms with van der Waals surface area (Å²) in [5, 5.41) is 10.5. The Morgan fingerprint density at radius 3 is 2.65 bits per heavy atom. The van der Waals surface area contributed by atoms with Crippen LogP contribution in [0.5, 0.6) is 0 Å². The summed E-state index contributed by atoms with van der Waals surface area (Å²) in [6.45, 7) is 4.81. The zero-order chi connectivity index (χ0) is 17.8. The molecule has 5 atom stereocenters. The highest BCUT2D eigenvalue weighted by molar-refractivity contribution is 6.21. The Balaban J connectivity index is 1.43. The van der Waals surface area contributed by atoms with Gasteiger partial charge < -0.3 is 19.5 Å². The molecule has 26 heavy (non-hydrogen) atoms. The first-order valence-corrected chi connectivity index (χ1v) is 9.97. The number of aliphatic hydroxyl groups is 1. The minimum Gasteiger partial charge on any atom is -0.393 e. The third kappa shape index (κ3) is 2.60. The number of fused-ring (bicyclic) bond motifs is 3. The van der Waals surface area contributed by atoms with Crippen molar-refractivity contribution in [1.82, 2.24) is 24.4 Å². The molecule has 0 amide bonds. The molecular formula is C18H25ClN6O. The zero-order valence-corrected chi connectivity index (χ0v) is 15.8. The molecule has 1 N–H and O–H groups in total. The van der Waals surface area contributed by atoms with Crippen molar-refractivity contribution >= 4 is 28.6 Å². The Morgan fingerprint density at radius 2 is 1.92 bits per heavy atom.